The van der Waals surface area contributed by atoms with Crippen molar-refractivity contribution >= 4 is 11.9 Å². The Hall–Kier alpha value is -2.08. The highest BCUT2D eigenvalue weighted by molar-refractivity contribution is 5.82. The summed E-state index contributed by atoms with van der Waals surface area (Å²) in [6, 6.07) is 8.24. The second-order valence-electron chi connectivity index (χ2n) is 6.84. The second kappa shape index (κ2) is 7.00. The van der Waals surface area contributed by atoms with Crippen molar-refractivity contribution in [3.8, 4) is 0 Å². The molecule has 0 radical (unpaired) electrons. The third-order valence-corrected chi connectivity index (χ3v) is 3.96. The molecule has 1 heterocycles. The quantitative estimate of drug-likeness (QED) is 0.785. The number of hydrogen-bond donors (Lipinski definition) is 3. The van der Waals surface area contributed by atoms with E-state index in [1.165, 1.54) is 0 Å². The van der Waals surface area contributed by atoms with Gasteiger partial charge in [0.05, 0.1) is 18.7 Å². The van der Waals surface area contributed by atoms with Gasteiger partial charge >= 0.3 is 6.03 Å². The van der Waals surface area contributed by atoms with Crippen LogP contribution >= 0.6 is 0 Å². The molecule has 6 heteroatoms. The Balaban J connectivity index is 1.91. The molecule has 126 valence electrons. The van der Waals surface area contributed by atoms with E-state index in [1.54, 1.807) is 4.90 Å². The fourth-order valence-corrected chi connectivity index (χ4v) is 2.76. The second-order valence-corrected chi connectivity index (χ2v) is 6.84. The van der Waals surface area contributed by atoms with Crippen molar-refractivity contribution in [2.24, 2.45) is 0 Å². The molecule has 1 aromatic carbocycles. The first-order valence-electron chi connectivity index (χ1n) is 7.84. The molecule has 1 aliphatic rings. The van der Waals surface area contributed by atoms with Crippen LogP contribution in [0.4, 0.5) is 4.79 Å². The average Bonchev–Trinajstić information content (AvgIpc) is 2.86. The first-order valence-corrected chi connectivity index (χ1v) is 7.84. The fraction of sp³-hybridized carbons (Fsp3) is 0.529. The summed E-state index contributed by atoms with van der Waals surface area (Å²) in [7, 11) is 0. The molecule has 1 saturated heterocycles. The monoisotopic (exact) mass is 319 g/mol. The smallest absolute Gasteiger partial charge is 0.315 e. The van der Waals surface area contributed by atoms with Gasteiger partial charge in [-0.15, -0.1) is 0 Å². The molecule has 0 unspecified atom stereocenters. The van der Waals surface area contributed by atoms with E-state index in [1.807, 2.05) is 51.1 Å². The standard InChI is InChI=1S/C17H25N3O3/c1-17(2,3)20-10-13(9-15(20)22)18-16(23)19-14(11-21)12-7-5-4-6-8-12/h4-8,13-14,21H,9-11H2,1-3H3,(H2,18,19,23)/t13-,14+/m0/s1. The van der Waals surface area contributed by atoms with E-state index >= 15 is 0 Å². The van der Waals surface area contributed by atoms with Crippen LogP contribution in [-0.2, 0) is 4.79 Å². The molecule has 1 fully saturated rings. The Morgan fingerprint density at radius 1 is 1.35 bits per heavy atom. The number of aliphatic hydroxyl groups is 1. The van der Waals surface area contributed by atoms with Gasteiger partial charge in [-0.2, -0.15) is 0 Å². The maximum atomic E-state index is 12.1. The van der Waals surface area contributed by atoms with Gasteiger partial charge in [-0.05, 0) is 26.3 Å². The van der Waals surface area contributed by atoms with Gasteiger partial charge in [0.25, 0.3) is 0 Å². The Kier molecular flexibility index (Phi) is 5.26. The van der Waals surface area contributed by atoms with Gasteiger partial charge < -0.3 is 20.6 Å². The number of aliphatic hydroxyl groups excluding tert-OH is 1. The van der Waals surface area contributed by atoms with E-state index < -0.39 is 6.04 Å². The van der Waals surface area contributed by atoms with Gasteiger partial charge in [-0.25, -0.2) is 4.79 Å². The van der Waals surface area contributed by atoms with E-state index in [9.17, 15) is 14.7 Å². The minimum atomic E-state index is -0.466. The first kappa shape index (κ1) is 17.3. The Bertz CT molecular complexity index is 554. The molecule has 1 aliphatic heterocycles. The van der Waals surface area contributed by atoms with Crippen molar-refractivity contribution < 1.29 is 14.7 Å². The number of urea groups is 1. The Morgan fingerprint density at radius 2 is 2.00 bits per heavy atom. The molecule has 2 rings (SSSR count). The van der Waals surface area contributed by atoms with Gasteiger partial charge in [-0.1, -0.05) is 30.3 Å². The minimum absolute atomic E-state index is 0.0459. The van der Waals surface area contributed by atoms with Crippen molar-refractivity contribution in [1.82, 2.24) is 15.5 Å². The van der Waals surface area contributed by atoms with Crippen LogP contribution in [0.2, 0.25) is 0 Å². The van der Waals surface area contributed by atoms with Crippen molar-refractivity contribution in [2.75, 3.05) is 13.2 Å². The number of benzene rings is 1. The third kappa shape index (κ3) is 4.45. The molecule has 0 bridgehead atoms. The molecule has 0 aliphatic carbocycles. The van der Waals surface area contributed by atoms with Crippen LogP contribution in [0.3, 0.4) is 0 Å². The predicted molar refractivity (Wildman–Crippen MR) is 87.8 cm³/mol. The lowest BCUT2D eigenvalue weighted by atomic mass is 10.1. The SMILES string of the molecule is CC(C)(C)N1C[C@@H](NC(=O)N[C@H](CO)c2ccccc2)CC1=O. The fourth-order valence-electron chi connectivity index (χ4n) is 2.76. The number of carbonyl (C=O) groups is 2. The van der Waals surface area contributed by atoms with Crippen LogP contribution in [0.5, 0.6) is 0 Å². The molecule has 6 nitrogen and oxygen atoms in total. The van der Waals surface area contributed by atoms with Crippen LogP contribution in [0.1, 0.15) is 38.8 Å². The molecule has 1 aromatic rings. The van der Waals surface area contributed by atoms with Gasteiger partial charge in [0.2, 0.25) is 5.91 Å². The van der Waals surface area contributed by atoms with E-state index in [0.717, 1.165) is 5.56 Å². The van der Waals surface area contributed by atoms with Crippen molar-refractivity contribution in [2.45, 2.75) is 44.8 Å². The zero-order valence-corrected chi connectivity index (χ0v) is 13.9. The van der Waals surface area contributed by atoms with E-state index in [2.05, 4.69) is 10.6 Å². The third-order valence-electron chi connectivity index (χ3n) is 3.96. The number of nitrogens with one attached hydrogen (secondary N) is 2. The summed E-state index contributed by atoms with van der Waals surface area (Å²) < 4.78 is 0. The molecule has 2 atom stereocenters. The molecule has 0 saturated carbocycles. The first-order chi connectivity index (χ1) is 10.8. The molecule has 0 spiro atoms. The number of rotatable bonds is 4. The zero-order valence-electron chi connectivity index (χ0n) is 13.9. The summed E-state index contributed by atoms with van der Waals surface area (Å²) in [5.74, 6) is 0.0459. The average molecular weight is 319 g/mol. The van der Waals surface area contributed by atoms with Crippen LogP contribution < -0.4 is 10.6 Å². The summed E-state index contributed by atoms with van der Waals surface area (Å²) in [4.78, 5) is 25.9. The van der Waals surface area contributed by atoms with Crippen LogP contribution in [0, 0.1) is 0 Å². The molecule has 23 heavy (non-hydrogen) atoms. The van der Waals surface area contributed by atoms with Crippen LogP contribution in [0.15, 0.2) is 30.3 Å². The molecular formula is C17H25N3O3. The highest BCUT2D eigenvalue weighted by Gasteiger charge is 2.36. The highest BCUT2D eigenvalue weighted by Crippen LogP contribution is 2.22. The van der Waals surface area contributed by atoms with Gasteiger partial charge in [0, 0.05) is 18.5 Å². The molecule has 3 amide bonds. The van der Waals surface area contributed by atoms with E-state index in [0.29, 0.717) is 13.0 Å². The summed E-state index contributed by atoms with van der Waals surface area (Å²) in [6.07, 6.45) is 0.305. The summed E-state index contributed by atoms with van der Waals surface area (Å²) in [5, 5.41) is 15.0. The lowest BCUT2D eigenvalue weighted by Gasteiger charge is -2.32. The van der Waals surface area contributed by atoms with Crippen molar-refractivity contribution in [1.29, 1.82) is 0 Å². The number of likely N-dealkylation sites (tertiary alicyclic amines) is 1. The van der Waals surface area contributed by atoms with Crippen molar-refractivity contribution in [3.05, 3.63) is 35.9 Å². The van der Waals surface area contributed by atoms with Gasteiger partial charge in [-0.3, -0.25) is 4.79 Å². The Morgan fingerprint density at radius 3 is 2.52 bits per heavy atom. The number of amides is 3. The molecular weight excluding hydrogens is 294 g/mol. The maximum Gasteiger partial charge on any atom is 0.315 e. The topological polar surface area (TPSA) is 81.7 Å². The van der Waals surface area contributed by atoms with Crippen LogP contribution in [0.25, 0.3) is 0 Å². The number of carbonyl (C=O) groups excluding carboxylic acids is 2. The largest absolute Gasteiger partial charge is 0.394 e. The summed E-state index contributed by atoms with van der Waals surface area (Å²) >= 11 is 0. The maximum absolute atomic E-state index is 12.1. The lowest BCUT2D eigenvalue weighted by Crippen LogP contribution is -2.47. The Labute approximate surface area is 136 Å². The summed E-state index contributed by atoms with van der Waals surface area (Å²) in [5.41, 5.74) is 0.589. The van der Waals surface area contributed by atoms with Crippen molar-refractivity contribution in [3.63, 3.8) is 0 Å². The van der Waals surface area contributed by atoms with Gasteiger partial charge in [0.15, 0.2) is 0 Å². The minimum Gasteiger partial charge on any atom is -0.394 e. The number of nitrogens with zero attached hydrogens (tertiary/aromatic N) is 1. The van der Waals surface area contributed by atoms with Gasteiger partial charge in [0.1, 0.15) is 0 Å². The summed E-state index contributed by atoms with van der Waals surface area (Å²) in [6.45, 7) is 6.25. The molecule has 3 N–H and O–H groups in total. The highest BCUT2D eigenvalue weighted by atomic mass is 16.3. The van der Waals surface area contributed by atoms with E-state index in [4.69, 9.17) is 0 Å². The predicted octanol–water partition coefficient (Wildman–Crippen LogP) is 1.42. The normalized spacial score (nSPS) is 19.6. The zero-order chi connectivity index (χ0) is 17.0. The van der Waals surface area contributed by atoms with E-state index in [-0.39, 0.29) is 30.1 Å². The lowest BCUT2D eigenvalue weighted by molar-refractivity contribution is -0.131. The molecule has 0 aromatic heterocycles. The van der Waals surface area contributed by atoms with Crippen LogP contribution in [-0.4, -0.2) is 46.7 Å². The number of hydrogen-bond acceptors (Lipinski definition) is 3.